The van der Waals surface area contributed by atoms with E-state index in [1.165, 1.54) is 0 Å². The van der Waals surface area contributed by atoms with Crippen molar-refractivity contribution < 1.29 is 22.7 Å². The van der Waals surface area contributed by atoms with Gasteiger partial charge in [0.2, 0.25) is 15.9 Å². The molecule has 0 aliphatic carbocycles. The molecule has 1 aliphatic rings. The van der Waals surface area contributed by atoms with Gasteiger partial charge in [-0.05, 0) is 29.2 Å². The Balaban J connectivity index is 1.49. The first-order chi connectivity index (χ1) is 14.2. The van der Waals surface area contributed by atoms with Crippen LogP contribution >= 0.6 is 0 Å². The molecular formula is C22H28N2O5S. The third-order valence-electron chi connectivity index (χ3n) is 4.80. The standard InChI is InChI=1S/C22H28N2O5S/c1-22(2,3)17-7-9-18(10-8-17)30(26,27)24-12-11-20(25)23-15-16-5-4-6-19-21(16)29-14-13-28-19/h4-10,24H,11-15H2,1-3H3,(H,23,25). The maximum atomic E-state index is 12.4. The summed E-state index contributed by atoms with van der Waals surface area (Å²) in [6, 6.07) is 12.3. The summed E-state index contributed by atoms with van der Waals surface area (Å²) >= 11 is 0. The maximum absolute atomic E-state index is 12.4. The van der Waals surface area contributed by atoms with Gasteiger partial charge in [0.25, 0.3) is 0 Å². The van der Waals surface area contributed by atoms with Gasteiger partial charge in [-0.25, -0.2) is 13.1 Å². The van der Waals surface area contributed by atoms with Crippen LogP contribution in [0.25, 0.3) is 0 Å². The van der Waals surface area contributed by atoms with E-state index in [0.717, 1.165) is 11.1 Å². The summed E-state index contributed by atoms with van der Waals surface area (Å²) in [5.41, 5.74) is 1.82. The number of para-hydroxylation sites is 1. The first-order valence-corrected chi connectivity index (χ1v) is 11.4. The molecule has 0 radical (unpaired) electrons. The summed E-state index contributed by atoms with van der Waals surface area (Å²) in [6.45, 7) is 7.47. The van der Waals surface area contributed by atoms with Crippen molar-refractivity contribution in [2.75, 3.05) is 19.8 Å². The SMILES string of the molecule is CC(C)(C)c1ccc(S(=O)(=O)NCCC(=O)NCc2cccc3c2OCCO3)cc1. The second-order valence-corrected chi connectivity index (χ2v) is 9.91. The van der Waals surface area contributed by atoms with Crippen LogP contribution in [0.15, 0.2) is 47.4 Å². The smallest absolute Gasteiger partial charge is 0.240 e. The van der Waals surface area contributed by atoms with Gasteiger partial charge in [-0.15, -0.1) is 0 Å². The Kier molecular flexibility index (Phi) is 6.67. The van der Waals surface area contributed by atoms with E-state index in [1.807, 2.05) is 30.3 Å². The predicted molar refractivity (Wildman–Crippen MR) is 114 cm³/mol. The van der Waals surface area contributed by atoms with Crippen LogP contribution in [0, 0.1) is 0 Å². The Bertz CT molecular complexity index is 995. The third kappa shape index (κ3) is 5.52. The Morgan fingerprint density at radius 3 is 2.43 bits per heavy atom. The predicted octanol–water partition coefficient (Wildman–Crippen LogP) is 2.74. The van der Waals surface area contributed by atoms with Gasteiger partial charge in [0.15, 0.2) is 11.5 Å². The van der Waals surface area contributed by atoms with Crippen LogP contribution < -0.4 is 19.5 Å². The summed E-state index contributed by atoms with van der Waals surface area (Å²) in [6.07, 6.45) is 0.0334. The van der Waals surface area contributed by atoms with Gasteiger partial charge in [0, 0.05) is 25.1 Å². The van der Waals surface area contributed by atoms with Crippen LogP contribution in [-0.4, -0.2) is 34.1 Å². The van der Waals surface area contributed by atoms with Crippen LogP contribution in [-0.2, 0) is 26.8 Å². The molecule has 2 N–H and O–H groups in total. The molecule has 7 nitrogen and oxygen atoms in total. The zero-order chi connectivity index (χ0) is 21.8. The topological polar surface area (TPSA) is 93.7 Å². The molecule has 30 heavy (non-hydrogen) atoms. The Morgan fingerprint density at radius 2 is 1.73 bits per heavy atom. The normalized spacial score (nSPS) is 13.7. The molecular weight excluding hydrogens is 404 g/mol. The molecule has 3 rings (SSSR count). The maximum Gasteiger partial charge on any atom is 0.240 e. The van der Waals surface area contributed by atoms with Gasteiger partial charge in [0.1, 0.15) is 13.2 Å². The average molecular weight is 433 g/mol. The van der Waals surface area contributed by atoms with Gasteiger partial charge >= 0.3 is 0 Å². The molecule has 162 valence electrons. The molecule has 0 aromatic heterocycles. The number of amides is 1. The van der Waals surface area contributed by atoms with E-state index in [1.54, 1.807) is 12.1 Å². The highest BCUT2D eigenvalue weighted by Gasteiger charge is 2.18. The van der Waals surface area contributed by atoms with Gasteiger partial charge < -0.3 is 14.8 Å². The Morgan fingerprint density at radius 1 is 1.03 bits per heavy atom. The highest BCUT2D eigenvalue weighted by molar-refractivity contribution is 7.89. The fourth-order valence-electron chi connectivity index (χ4n) is 3.07. The Labute approximate surface area is 177 Å². The van der Waals surface area contributed by atoms with E-state index in [9.17, 15) is 13.2 Å². The number of fused-ring (bicyclic) bond motifs is 1. The monoisotopic (exact) mass is 432 g/mol. The summed E-state index contributed by atoms with van der Waals surface area (Å²) in [5.74, 6) is 1.05. The van der Waals surface area contributed by atoms with E-state index in [-0.39, 0.29) is 35.7 Å². The van der Waals surface area contributed by atoms with Gasteiger partial charge in [0.05, 0.1) is 4.90 Å². The average Bonchev–Trinajstić information content (AvgIpc) is 2.71. The van der Waals surface area contributed by atoms with Crippen molar-refractivity contribution in [1.82, 2.24) is 10.0 Å². The van der Waals surface area contributed by atoms with Crippen molar-refractivity contribution in [3.63, 3.8) is 0 Å². The van der Waals surface area contributed by atoms with Crippen molar-refractivity contribution in [1.29, 1.82) is 0 Å². The molecule has 1 aliphatic heterocycles. The molecule has 2 aromatic carbocycles. The number of sulfonamides is 1. The molecule has 0 fully saturated rings. The minimum Gasteiger partial charge on any atom is -0.486 e. The summed E-state index contributed by atoms with van der Waals surface area (Å²) < 4.78 is 38.5. The van der Waals surface area contributed by atoms with E-state index in [2.05, 4.69) is 30.8 Å². The number of rotatable bonds is 7. The van der Waals surface area contributed by atoms with E-state index in [4.69, 9.17) is 9.47 Å². The Hall–Kier alpha value is -2.58. The molecule has 1 amide bonds. The first kappa shape index (κ1) is 22.1. The number of nitrogens with one attached hydrogen (secondary N) is 2. The van der Waals surface area contributed by atoms with Crippen molar-refractivity contribution in [3.8, 4) is 11.5 Å². The van der Waals surface area contributed by atoms with Crippen LogP contribution in [0.5, 0.6) is 11.5 Å². The van der Waals surface area contributed by atoms with Crippen LogP contribution in [0.4, 0.5) is 0 Å². The molecule has 0 saturated heterocycles. The summed E-state index contributed by atoms with van der Waals surface area (Å²) in [4.78, 5) is 12.3. The highest BCUT2D eigenvalue weighted by atomic mass is 32.2. The molecule has 2 aromatic rings. The lowest BCUT2D eigenvalue weighted by atomic mass is 9.87. The fourth-order valence-corrected chi connectivity index (χ4v) is 4.10. The van der Waals surface area contributed by atoms with Gasteiger partial charge in [-0.3, -0.25) is 4.79 Å². The number of ether oxygens (including phenoxy) is 2. The minimum absolute atomic E-state index is 0.0156. The lowest BCUT2D eigenvalue weighted by Gasteiger charge is -2.21. The number of hydrogen-bond donors (Lipinski definition) is 2. The number of hydrogen-bond acceptors (Lipinski definition) is 5. The van der Waals surface area contributed by atoms with Crippen molar-refractivity contribution >= 4 is 15.9 Å². The molecule has 1 heterocycles. The highest BCUT2D eigenvalue weighted by Crippen LogP contribution is 2.33. The van der Waals surface area contributed by atoms with E-state index >= 15 is 0 Å². The number of benzene rings is 2. The van der Waals surface area contributed by atoms with E-state index in [0.29, 0.717) is 24.7 Å². The van der Waals surface area contributed by atoms with Crippen LogP contribution in [0.1, 0.15) is 38.3 Å². The fraction of sp³-hybridized carbons (Fsp3) is 0.409. The van der Waals surface area contributed by atoms with Gasteiger partial charge in [-0.2, -0.15) is 0 Å². The molecule has 0 spiro atoms. The van der Waals surface area contributed by atoms with Gasteiger partial charge in [-0.1, -0.05) is 45.0 Å². The van der Waals surface area contributed by atoms with Crippen LogP contribution in [0.3, 0.4) is 0 Å². The quantitative estimate of drug-likeness (QED) is 0.702. The minimum atomic E-state index is -3.66. The lowest BCUT2D eigenvalue weighted by molar-refractivity contribution is -0.121. The largest absolute Gasteiger partial charge is 0.486 e. The van der Waals surface area contributed by atoms with Crippen LogP contribution in [0.2, 0.25) is 0 Å². The van der Waals surface area contributed by atoms with E-state index < -0.39 is 10.0 Å². The molecule has 0 bridgehead atoms. The second-order valence-electron chi connectivity index (χ2n) is 8.14. The molecule has 8 heteroatoms. The summed E-state index contributed by atoms with van der Waals surface area (Å²) in [5, 5.41) is 2.79. The number of carbonyl (C=O) groups is 1. The zero-order valence-corrected chi connectivity index (χ0v) is 18.3. The zero-order valence-electron chi connectivity index (χ0n) is 17.5. The lowest BCUT2D eigenvalue weighted by Crippen LogP contribution is -2.31. The first-order valence-electron chi connectivity index (χ1n) is 9.91. The molecule has 0 unspecified atom stereocenters. The molecule has 0 atom stereocenters. The third-order valence-corrected chi connectivity index (χ3v) is 6.28. The van der Waals surface area contributed by atoms with Crippen molar-refractivity contribution in [2.24, 2.45) is 0 Å². The molecule has 0 saturated carbocycles. The van der Waals surface area contributed by atoms with Crippen molar-refractivity contribution in [2.45, 2.75) is 44.0 Å². The second kappa shape index (κ2) is 9.06. The number of carbonyl (C=O) groups excluding carboxylic acids is 1. The van der Waals surface area contributed by atoms with Crippen molar-refractivity contribution in [3.05, 3.63) is 53.6 Å². The summed E-state index contributed by atoms with van der Waals surface area (Å²) in [7, 11) is -3.66.